The molecule has 1 fully saturated rings. The minimum atomic E-state index is -3.97. The summed E-state index contributed by atoms with van der Waals surface area (Å²) in [5.74, 6) is -0.774. The van der Waals surface area contributed by atoms with Crippen molar-refractivity contribution in [2.75, 3.05) is 40.5 Å². The first-order valence-electron chi connectivity index (χ1n) is 14.0. The molecule has 2 heterocycles. The third-order valence-corrected chi connectivity index (χ3v) is 9.01. The second-order valence-electron chi connectivity index (χ2n) is 10.9. The summed E-state index contributed by atoms with van der Waals surface area (Å²) in [6.07, 6.45) is 5.89. The van der Waals surface area contributed by atoms with Gasteiger partial charge in [0.15, 0.2) is 0 Å². The van der Waals surface area contributed by atoms with Crippen LogP contribution >= 0.6 is 0 Å². The highest BCUT2D eigenvalue weighted by atomic mass is 32.2. The number of carbonyl (C=O) groups is 1. The van der Waals surface area contributed by atoms with Gasteiger partial charge in [0, 0.05) is 36.1 Å². The van der Waals surface area contributed by atoms with E-state index < -0.39 is 27.4 Å². The standard InChI is InChI=1S/C29H35F2N7O3S/c1-4-37-27-20(16-32-28(34-27)33-22-9-11-23(12-10-22)36(2)3)17-38(29(37)39)24-13-14-26(25(31)15-24)35-42(40,41)18-19-5-7-21(30)8-6-19/h5-8,13-16,22-23,35H,4,9-12,17-18H2,1-3H3,(H,32,33,34). The van der Waals surface area contributed by atoms with Crippen LogP contribution in [0.3, 0.4) is 0 Å². The summed E-state index contributed by atoms with van der Waals surface area (Å²) in [7, 11) is 0.236. The van der Waals surface area contributed by atoms with E-state index in [9.17, 15) is 17.6 Å². The average molecular weight is 600 g/mol. The number of amides is 2. The third kappa shape index (κ3) is 6.62. The van der Waals surface area contributed by atoms with Crippen molar-refractivity contribution < 1.29 is 22.0 Å². The van der Waals surface area contributed by atoms with Gasteiger partial charge in [-0.15, -0.1) is 0 Å². The van der Waals surface area contributed by atoms with Crippen molar-refractivity contribution in [3.8, 4) is 0 Å². The van der Waals surface area contributed by atoms with E-state index in [0.717, 1.165) is 43.9 Å². The molecule has 224 valence electrons. The van der Waals surface area contributed by atoms with Crippen LogP contribution in [0.4, 0.5) is 36.7 Å². The highest BCUT2D eigenvalue weighted by molar-refractivity contribution is 7.91. The normalized spacial score (nSPS) is 19.1. The second kappa shape index (κ2) is 12.2. The van der Waals surface area contributed by atoms with Crippen LogP contribution in [0.25, 0.3) is 0 Å². The lowest BCUT2D eigenvalue weighted by Crippen LogP contribution is -2.48. The molecule has 2 aromatic carbocycles. The fraction of sp³-hybridized carbons (Fsp3) is 0.414. The predicted molar refractivity (Wildman–Crippen MR) is 159 cm³/mol. The molecule has 1 aliphatic carbocycles. The minimum absolute atomic E-state index is 0.133. The first-order chi connectivity index (χ1) is 20.0. The number of nitrogens with zero attached hydrogens (tertiary/aromatic N) is 5. The van der Waals surface area contributed by atoms with Gasteiger partial charge in [-0.25, -0.2) is 27.0 Å². The summed E-state index contributed by atoms with van der Waals surface area (Å²) in [5.41, 5.74) is 1.08. The Kier molecular flexibility index (Phi) is 8.60. The number of aromatic nitrogens is 2. The summed E-state index contributed by atoms with van der Waals surface area (Å²) < 4.78 is 55.7. The molecule has 3 aromatic rings. The van der Waals surface area contributed by atoms with Crippen LogP contribution in [-0.4, -0.2) is 62.0 Å². The maximum atomic E-state index is 15.1. The number of anilines is 4. The molecule has 1 aliphatic heterocycles. The van der Waals surface area contributed by atoms with Crippen LogP contribution in [0, 0.1) is 11.6 Å². The Hall–Kier alpha value is -3.84. The molecular weight excluding hydrogens is 564 g/mol. The quantitative estimate of drug-likeness (QED) is 0.358. The molecule has 0 bridgehead atoms. The number of sulfonamides is 1. The van der Waals surface area contributed by atoms with E-state index in [1.807, 2.05) is 6.92 Å². The smallest absolute Gasteiger partial charge is 0.330 e. The number of urea groups is 1. The van der Waals surface area contributed by atoms with Gasteiger partial charge in [0.2, 0.25) is 16.0 Å². The molecule has 0 radical (unpaired) electrons. The molecule has 0 unspecified atom stereocenters. The molecule has 10 nitrogen and oxygen atoms in total. The number of fused-ring (bicyclic) bond motifs is 1. The first kappa shape index (κ1) is 29.6. The van der Waals surface area contributed by atoms with Gasteiger partial charge in [0.1, 0.15) is 17.5 Å². The van der Waals surface area contributed by atoms with Gasteiger partial charge in [0.25, 0.3) is 0 Å². The first-order valence-corrected chi connectivity index (χ1v) is 15.6. The van der Waals surface area contributed by atoms with Gasteiger partial charge in [-0.2, -0.15) is 4.98 Å². The lowest BCUT2D eigenvalue weighted by Gasteiger charge is -2.36. The van der Waals surface area contributed by atoms with Crippen molar-refractivity contribution in [3.05, 3.63) is 71.4 Å². The van der Waals surface area contributed by atoms with Gasteiger partial charge >= 0.3 is 6.03 Å². The van der Waals surface area contributed by atoms with Crippen molar-refractivity contribution >= 4 is 39.2 Å². The number of carbonyl (C=O) groups excluding carboxylic acids is 1. The molecule has 13 heteroatoms. The summed E-state index contributed by atoms with van der Waals surface area (Å²) >= 11 is 0. The molecule has 2 aliphatic rings. The van der Waals surface area contributed by atoms with E-state index in [1.165, 1.54) is 34.1 Å². The van der Waals surface area contributed by atoms with Crippen LogP contribution in [0.5, 0.6) is 0 Å². The Morgan fingerprint density at radius 1 is 1.05 bits per heavy atom. The molecule has 1 saturated carbocycles. The van der Waals surface area contributed by atoms with E-state index in [2.05, 4.69) is 39.0 Å². The lowest BCUT2D eigenvalue weighted by atomic mass is 9.91. The van der Waals surface area contributed by atoms with Gasteiger partial charge < -0.3 is 10.2 Å². The van der Waals surface area contributed by atoms with E-state index in [0.29, 0.717) is 35.5 Å². The van der Waals surface area contributed by atoms with Crippen LogP contribution in [0.2, 0.25) is 0 Å². The van der Waals surface area contributed by atoms with Gasteiger partial charge in [-0.3, -0.25) is 14.5 Å². The maximum Gasteiger partial charge on any atom is 0.330 e. The van der Waals surface area contributed by atoms with Gasteiger partial charge in [-0.05, 0) is 82.6 Å². The Balaban J connectivity index is 1.29. The van der Waals surface area contributed by atoms with E-state index in [4.69, 9.17) is 0 Å². The Morgan fingerprint density at radius 2 is 1.76 bits per heavy atom. The number of hydrogen-bond donors (Lipinski definition) is 2. The van der Waals surface area contributed by atoms with Crippen LogP contribution in [0.15, 0.2) is 48.7 Å². The number of halogens is 2. The minimum Gasteiger partial charge on any atom is -0.351 e. The summed E-state index contributed by atoms with van der Waals surface area (Å²) in [6.45, 7) is 2.31. The molecule has 2 N–H and O–H groups in total. The van der Waals surface area contributed by atoms with Crippen molar-refractivity contribution in [2.24, 2.45) is 0 Å². The molecule has 5 rings (SSSR count). The van der Waals surface area contributed by atoms with Crippen LogP contribution < -0.4 is 19.8 Å². The summed E-state index contributed by atoms with van der Waals surface area (Å²) in [5, 5.41) is 3.43. The molecule has 2 amide bonds. The average Bonchev–Trinajstić information content (AvgIpc) is 2.95. The van der Waals surface area contributed by atoms with E-state index >= 15 is 4.39 Å². The fourth-order valence-electron chi connectivity index (χ4n) is 5.45. The van der Waals surface area contributed by atoms with Crippen LogP contribution in [0.1, 0.15) is 43.7 Å². The second-order valence-corrected chi connectivity index (χ2v) is 12.6. The zero-order chi connectivity index (χ0) is 30.0. The number of benzene rings is 2. The maximum absolute atomic E-state index is 15.1. The van der Waals surface area contributed by atoms with Crippen LogP contribution in [-0.2, 0) is 22.3 Å². The largest absolute Gasteiger partial charge is 0.351 e. The Labute approximate surface area is 244 Å². The highest BCUT2D eigenvalue weighted by Gasteiger charge is 2.33. The SMILES string of the molecule is CCN1C(=O)N(c2ccc(NS(=O)(=O)Cc3ccc(F)cc3)c(F)c2)Cc2cnc(NC3CCC(N(C)C)CC3)nc21. The monoisotopic (exact) mass is 599 g/mol. The summed E-state index contributed by atoms with van der Waals surface area (Å²) in [6, 6.07) is 9.38. The van der Waals surface area contributed by atoms with Gasteiger partial charge in [0.05, 0.1) is 18.0 Å². The van der Waals surface area contributed by atoms with E-state index in [1.54, 1.807) is 6.20 Å². The third-order valence-electron chi connectivity index (χ3n) is 7.76. The zero-order valence-electron chi connectivity index (χ0n) is 23.8. The molecule has 1 aromatic heterocycles. The highest BCUT2D eigenvalue weighted by Crippen LogP contribution is 2.33. The molecule has 0 atom stereocenters. The molecular formula is C29H35F2N7O3S. The number of rotatable bonds is 9. The Morgan fingerprint density at radius 3 is 2.40 bits per heavy atom. The number of hydrogen-bond acceptors (Lipinski definition) is 7. The van der Waals surface area contributed by atoms with Crippen molar-refractivity contribution in [1.29, 1.82) is 0 Å². The topological polar surface area (TPSA) is 111 Å². The van der Waals surface area contributed by atoms with Crippen molar-refractivity contribution in [1.82, 2.24) is 14.9 Å². The van der Waals surface area contributed by atoms with Gasteiger partial charge in [-0.1, -0.05) is 12.1 Å². The number of nitrogens with one attached hydrogen (secondary N) is 2. The van der Waals surface area contributed by atoms with Crippen molar-refractivity contribution in [3.63, 3.8) is 0 Å². The summed E-state index contributed by atoms with van der Waals surface area (Å²) in [4.78, 5) is 27.8. The lowest BCUT2D eigenvalue weighted by molar-refractivity contribution is 0.221. The fourth-order valence-corrected chi connectivity index (χ4v) is 6.66. The van der Waals surface area contributed by atoms with Crippen molar-refractivity contribution in [2.45, 2.75) is 57.0 Å². The Bertz CT molecular complexity index is 1550. The van der Waals surface area contributed by atoms with E-state index in [-0.39, 0.29) is 30.0 Å². The predicted octanol–water partition coefficient (Wildman–Crippen LogP) is 4.95. The molecule has 42 heavy (non-hydrogen) atoms. The molecule has 0 spiro atoms. The molecule has 0 saturated heterocycles. The zero-order valence-corrected chi connectivity index (χ0v) is 24.7.